The van der Waals surface area contributed by atoms with E-state index in [1.54, 1.807) is 4.68 Å². The summed E-state index contributed by atoms with van der Waals surface area (Å²) < 4.78 is 1.73. The lowest BCUT2D eigenvalue weighted by Gasteiger charge is -2.04. The number of hydrogen-bond donors (Lipinski definition) is 1. The number of rotatable bonds is 4. The number of aromatic nitrogens is 3. The summed E-state index contributed by atoms with van der Waals surface area (Å²) in [6, 6.07) is 1.47. The van der Waals surface area contributed by atoms with Crippen LogP contribution in [0.1, 0.15) is 25.5 Å². The predicted octanol–water partition coefficient (Wildman–Crippen LogP) is 0.254. The molecule has 0 saturated carbocycles. The minimum Gasteiger partial charge on any atom is -0.314 e. The zero-order valence-electron chi connectivity index (χ0n) is 8.56. The number of nitrogens with zero attached hydrogens (tertiary/aromatic N) is 4. The molecular formula is C9H15N5. The molecule has 1 rings (SSSR count). The van der Waals surface area contributed by atoms with Gasteiger partial charge in [0.05, 0.1) is 12.6 Å². The fourth-order valence-electron chi connectivity index (χ4n) is 1.21. The Hall–Kier alpha value is -1.41. The quantitative estimate of drug-likeness (QED) is 0.743. The second-order valence-electron chi connectivity index (χ2n) is 3.07. The Bertz CT molecular complexity index is 335. The van der Waals surface area contributed by atoms with E-state index in [1.165, 1.54) is 0 Å². The molecule has 1 aromatic rings. The third-order valence-corrected chi connectivity index (χ3v) is 1.96. The molecule has 0 bridgehead atoms. The average molecular weight is 193 g/mol. The SMILES string of the molecule is CCc1nc(CC)n(CC(N)C#N)n1. The molecule has 0 aliphatic heterocycles. The lowest BCUT2D eigenvalue weighted by molar-refractivity contribution is 0.545. The van der Waals surface area contributed by atoms with E-state index in [-0.39, 0.29) is 0 Å². The number of nitrogens with two attached hydrogens (primary N) is 1. The van der Waals surface area contributed by atoms with Crippen LogP contribution in [-0.4, -0.2) is 20.8 Å². The summed E-state index contributed by atoms with van der Waals surface area (Å²) in [6.45, 7) is 4.44. The van der Waals surface area contributed by atoms with Crippen molar-refractivity contribution in [2.75, 3.05) is 0 Å². The van der Waals surface area contributed by atoms with Crippen LogP contribution in [0.2, 0.25) is 0 Å². The fraction of sp³-hybridized carbons (Fsp3) is 0.667. The van der Waals surface area contributed by atoms with Gasteiger partial charge in [-0.25, -0.2) is 9.67 Å². The van der Waals surface area contributed by atoms with Crippen LogP contribution in [0.3, 0.4) is 0 Å². The highest BCUT2D eigenvalue weighted by Gasteiger charge is 2.09. The standard InChI is InChI=1S/C9H15N5/c1-3-8-12-9(4-2)14(13-8)6-7(11)5-10/h7H,3-4,6,11H2,1-2H3. The highest BCUT2D eigenvalue weighted by Crippen LogP contribution is 2.01. The van der Waals surface area contributed by atoms with Crippen molar-refractivity contribution in [3.8, 4) is 6.07 Å². The Morgan fingerprint density at radius 3 is 2.71 bits per heavy atom. The van der Waals surface area contributed by atoms with Crippen LogP contribution < -0.4 is 5.73 Å². The van der Waals surface area contributed by atoms with Crippen LogP contribution in [0, 0.1) is 11.3 Å². The van der Waals surface area contributed by atoms with E-state index in [9.17, 15) is 0 Å². The van der Waals surface area contributed by atoms with Gasteiger partial charge in [0, 0.05) is 12.8 Å². The summed E-state index contributed by atoms with van der Waals surface area (Å²) in [5.41, 5.74) is 5.53. The lowest BCUT2D eigenvalue weighted by Crippen LogP contribution is -2.25. The summed E-state index contributed by atoms with van der Waals surface area (Å²) in [6.07, 6.45) is 1.62. The molecule has 14 heavy (non-hydrogen) atoms. The van der Waals surface area contributed by atoms with E-state index in [0.29, 0.717) is 6.54 Å². The normalized spacial score (nSPS) is 12.4. The van der Waals surface area contributed by atoms with Crippen LogP contribution in [-0.2, 0) is 19.4 Å². The minimum absolute atomic E-state index is 0.423. The van der Waals surface area contributed by atoms with Gasteiger partial charge in [0.15, 0.2) is 5.82 Å². The molecule has 0 spiro atoms. The van der Waals surface area contributed by atoms with Crippen molar-refractivity contribution < 1.29 is 0 Å². The van der Waals surface area contributed by atoms with Gasteiger partial charge >= 0.3 is 0 Å². The van der Waals surface area contributed by atoms with Gasteiger partial charge in [0.25, 0.3) is 0 Å². The molecule has 2 N–H and O–H groups in total. The Morgan fingerprint density at radius 2 is 2.21 bits per heavy atom. The van der Waals surface area contributed by atoms with Crippen molar-refractivity contribution in [3.05, 3.63) is 11.6 Å². The van der Waals surface area contributed by atoms with Crippen LogP contribution in [0.5, 0.6) is 0 Å². The van der Waals surface area contributed by atoms with E-state index in [2.05, 4.69) is 10.1 Å². The summed E-state index contributed by atoms with van der Waals surface area (Å²) in [7, 11) is 0. The first-order chi connectivity index (χ1) is 6.71. The fourth-order valence-corrected chi connectivity index (χ4v) is 1.21. The van der Waals surface area contributed by atoms with Gasteiger partial charge in [0.1, 0.15) is 11.9 Å². The van der Waals surface area contributed by atoms with Crippen LogP contribution >= 0.6 is 0 Å². The molecular weight excluding hydrogens is 178 g/mol. The van der Waals surface area contributed by atoms with Gasteiger partial charge < -0.3 is 5.73 Å². The first-order valence-corrected chi connectivity index (χ1v) is 4.79. The first-order valence-electron chi connectivity index (χ1n) is 4.79. The highest BCUT2D eigenvalue weighted by atomic mass is 15.3. The molecule has 1 atom stereocenters. The van der Waals surface area contributed by atoms with E-state index >= 15 is 0 Å². The topological polar surface area (TPSA) is 80.5 Å². The average Bonchev–Trinajstić information content (AvgIpc) is 2.60. The smallest absolute Gasteiger partial charge is 0.150 e. The molecule has 5 nitrogen and oxygen atoms in total. The maximum atomic E-state index is 8.59. The Kier molecular flexibility index (Phi) is 3.60. The minimum atomic E-state index is -0.508. The zero-order valence-corrected chi connectivity index (χ0v) is 8.56. The number of aryl methyl sites for hydroxylation is 2. The summed E-state index contributed by atoms with van der Waals surface area (Å²) in [5.74, 6) is 1.71. The number of hydrogen-bond acceptors (Lipinski definition) is 4. The van der Waals surface area contributed by atoms with E-state index in [1.807, 2.05) is 19.9 Å². The Balaban J connectivity index is 2.84. The first kappa shape index (κ1) is 10.7. The molecule has 76 valence electrons. The number of nitriles is 1. The molecule has 1 heterocycles. The second-order valence-corrected chi connectivity index (χ2v) is 3.07. The third-order valence-electron chi connectivity index (χ3n) is 1.96. The molecule has 0 aliphatic carbocycles. The molecule has 0 saturated heterocycles. The van der Waals surface area contributed by atoms with Gasteiger partial charge in [-0.3, -0.25) is 0 Å². The molecule has 0 aromatic carbocycles. The molecule has 0 amide bonds. The van der Waals surface area contributed by atoms with Crippen molar-refractivity contribution in [1.29, 1.82) is 5.26 Å². The summed E-state index contributed by atoms with van der Waals surface area (Å²) in [4.78, 5) is 4.32. The van der Waals surface area contributed by atoms with Gasteiger partial charge in [0.2, 0.25) is 0 Å². The largest absolute Gasteiger partial charge is 0.314 e. The van der Waals surface area contributed by atoms with Gasteiger partial charge in [-0.2, -0.15) is 10.4 Å². The lowest BCUT2D eigenvalue weighted by atomic mass is 10.3. The van der Waals surface area contributed by atoms with Gasteiger partial charge in [-0.1, -0.05) is 13.8 Å². The van der Waals surface area contributed by atoms with Crippen LogP contribution in [0.25, 0.3) is 0 Å². The second kappa shape index (κ2) is 4.72. The van der Waals surface area contributed by atoms with E-state index in [0.717, 1.165) is 24.5 Å². The zero-order chi connectivity index (χ0) is 10.6. The molecule has 0 fully saturated rings. The molecule has 1 unspecified atom stereocenters. The molecule has 0 radical (unpaired) electrons. The Morgan fingerprint density at radius 1 is 1.50 bits per heavy atom. The van der Waals surface area contributed by atoms with Crippen LogP contribution in [0.15, 0.2) is 0 Å². The van der Waals surface area contributed by atoms with Crippen molar-refractivity contribution in [2.24, 2.45) is 5.73 Å². The maximum absolute atomic E-state index is 8.59. The Labute approximate surface area is 83.5 Å². The van der Waals surface area contributed by atoms with Crippen molar-refractivity contribution >= 4 is 0 Å². The van der Waals surface area contributed by atoms with Crippen LogP contribution in [0.4, 0.5) is 0 Å². The molecule has 5 heteroatoms. The summed E-state index contributed by atoms with van der Waals surface area (Å²) >= 11 is 0. The van der Waals surface area contributed by atoms with Gasteiger partial charge in [-0.15, -0.1) is 0 Å². The predicted molar refractivity (Wildman–Crippen MR) is 52.4 cm³/mol. The van der Waals surface area contributed by atoms with E-state index in [4.69, 9.17) is 11.0 Å². The molecule has 0 aliphatic rings. The van der Waals surface area contributed by atoms with E-state index < -0.39 is 6.04 Å². The third kappa shape index (κ3) is 2.30. The van der Waals surface area contributed by atoms with Crippen molar-refractivity contribution in [1.82, 2.24) is 14.8 Å². The molecule has 1 aromatic heterocycles. The van der Waals surface area contributed by atoms with Gasteiger partial charge in [-0.05, 0) is 0 Å². The summed E-state index contributed by atoms with van der Waals surface area (Å²) in [5, 5.41) is 12.8. The maximum Gasteiger partial charge on any atom is 0.150 e. The van der Waals surface area contributed by atoms with Crippen molar-refractivity contribution in [2.45, 2.75) is 39.3 Å². The monoisotopic (exact) mass is 193 g/mol. The highest BCUT2D eigenvalue weighted by molar-refractivity contribution is 4.95. The van der Waals surface area contributed by atoms with Crippen molar-refractivity contribution in [3.63, 3.8) is 0 Å².